The van der Waals surface area contributed by atoms with Gasteiger partial charge < -0.3 is 16.0 Å². The number of nitrogens with one attached hydrogen (secondary N) is 1. The number of amides is 1. The Hall–Kier alpha value is -0.680. The zero-order chi connectivity index (χ0) is 13.6. The van der Waals surface area contributed by atoms with Crippen LogP contribution in [0.2, 0.25) is 0 Å². The van der Waals surface area contributed by atoms with Gasteiger partial charge in [-0.2, -0.15) is 0 Å². The van der Waals surface area contributed by atoms with Gasteiger partial charge in [0.1, 0.15) is 0 Å². The first kappa shape index (κ1) is 15.4. The van der Waals surface area contributed by atoms with Crippen LogP contribution in [-0.2, 0) is 4.79 Å². The van der Waals surface area contributed by atoms with Crippen molar-refractivity contribution in [1.82, 2.24) is 10.2 Å². The molecule has 1 amide bonds. The third-order valence-electron chi connectivity index (χ3n) is 3.97. The van der Waals surface area contributed by atoms with Gasteiger partial charge in [0.25, 0.3) is 0 Å². The molecule has 0 unspecified atom stereocenters. The van der Waals surface area contributed by atoms with E-state index in [1.807, 2.05) is 0 Å². The molecular formula is C13H25N3OS. The molecule has 0 spiro atoms. The van der Waals surface area contributed by atoms with Crippen molar-refractivity contribution in [2.24, 2.45) is 11.1 Å². The average molecular weight is 271 g/mol. The largest absolute Gasteiger partial charge is 0.392 e. The topological polar surface area (TPSA) is 58.4 Å². The van der Waals surface area contributed by atoms with Crippen molar-refractivity contribution in [2.45, 2.75) is 39.5 Å². The highest BCUT2D eigenvalue weighted by Crippen LogP contribution is 2.38. The summed E-state index contributed by atoms with van der Waals surface area (Å²) >= 11 is 5.10. The first-order chi connectivity index (χ1) is 8.56. The van der Waals surface area contributed by atoms with E-state index >= 15 is 0 Å². The Balaban J connectivity index is 2.46. The van der Waals surface area contributed by atoms with Crippen LogP contribution >= 0.6 is 12.2 Å². The molecule has 0 aliphatic heterocycles. The van der Waals surface area contributed by atoms with E-state index in [0.717, 1.165) is 45.3 Å². The second-order valence-corrected chi connectivity index (χ2v) is 5.38. The van der Waals surface area contributed by atoms with Crippen LogP contribution in [0.1, 0.15) is 39.5 Å². The summed E-state index contributed by atoms with van der Waals surface area (Å²) in [6, 6.07) is 0. The first-order valence-electron chi connectivity index (χ1n) is 6.87. The molecule has 1 saturated carbocycles. The standard InChI is InChI=1S/C13H25N3OS/c1-3-16(4-2)10-9-15-12(17)13(11(14)18)7-5-6-8-13/h3-10H2,1-2H3,(H2,14,18)(H,15,17). The minimum Gasteiger partial charge on any atom is -0.392 e. The summed E-state index contributed by atoms with van der Waals surface area (Å²) in [6.07, 6.45) is 3.69. The first-order valence-corrected chi connectivity index (χ1v) is 7.28. The molecule has 3 N–H and O–H groups in total. The Morgan fingerprint density at radius 3 is 2.33 bits per heavy atom. The van der Waals surface area contributed by atoms with E-state index in [2.05, 4.69) is 24.1 Å². The van der Waals surface area contributed by atoms with Gasteiger partial charge in [0.05, 0.1) is 10.4 Å². The number of hydrogen-bond donors (Lipinski definition) is 2. The van der Waals surface area contributed by atoms with Crippen molar-refractivity contribution in [2.75, 3.05) is 26.2 Å². The molecule has 5 heteroatoms. The number of carbonyl (C=O) groups is 1. The van der Waals surface area contributed by atoms with E-state index in [-0.39, 0.29) is 5.91 Å². The molecule has 1 rings (SSSR count). The quantitative estimate of drug-likeness (QED) is 0.685. The van der Waals surface area contributed by atoms with Crippen molar-refractivity contribution in [3.05, 3.63) is 0 Å². The number of rotatable bonds is 7. The summed E-state index contributed by atoms with van der Waals surface area (Å²) in [4.78, 5) is 14.9. The molecule has 0 atom stereocenters. The monoisotopic (exact) mass is 271 g/mol. The van der Waals surface area contributed by atoms with Crippen molar-refractivity contribution in [3.8, 4) is 0 Å². The zero-order valence-corrected chi connectivity index (χ0v) is 12.3. The third-order valence-corrected chi connectivity index (χ3v) is 4.36. The summed E-state index contributed by atoms with van der Waals surface area (Å²) < 4.78 is 0. The van der Waals surface area contributed by atoms with Crippen LogP contribution in [0.25, 0.3) is 0 Å². The van der Waals surface area contributed by atoms with E-state index in [1.165, 1.54) is 0 Å². The Kier molecular flexibility index (Phi) is 6.02. The predicted molar refractivity (Wildman–Crippen MR) is 78.5 cm³/mol. The van der Waals surface area contributed by atoms with Crippen molar-refractivity contribution in [3.63, 3.8) is 0 Å². The van der Waals surface area contributed by atoms with Gasteiger partial charge in [0.15, 0.2) is 0 Å². The molecule has 0 bridgehead atoms. The number of carbonyl (C=O) groups excluding carboxylic acids is 1. The molecule has 1 fully saturated rings. The van der Waals surface area contributed by atoms with Crippen LogP contribution in [0.3, 0.4) is 0 Å². The predicted octanol–water partition coefficient (Wildman–Crippen LogP) is 1.29. The Labute approximate surface area is 115 Å². The molecule has 0 aromatic carbocycles. The van der Waals surface area contributed by atoms with Crippen LogP contribution in [-0.4, -0.2) is 42.0 Å². The number of nitrogens with zero attached hydrogens (tertiary/aromatic N) is 1. The van der Waals surface area contributed by atoms with E-state index < -0.39 is 5.41 Å². The molecule has 0 radical (unpaired) electrons. The van der Waals surface area contributed by atoms with Crippen LogP contribution in [0, 0.1) is 5.41 Å². The Morgan fingerprint density at radius 1 is 1.33 bits per heavy atom. The average Bonchev–Trinajstić information content (AvgIpc) is 2.85. The molecule has 18 heavy (non-hydrogen) atoms. The fourth-order valence-electron chi connectivity index (χ4n) is 2.60. The molecule has 4 nitrogen and oxygen atoms in total. The van der Waals surface area contributed by atoms with E-state index in [1.54, 1.807) is 0 Å². The maximum Gasteiger partial charge on any atom is 0.233 e. The highest BCUT2D eigenvalue weighted by atomic mass is 32.1. The van der Waals surface area contributed by atoms with E-state index in [9.17, 15) is 4.79 Å². The van der Waals surface area contributed by atoms with Crippen LogP contribution in [0.15, 0.2) is 0 Å². The van der Waals surface area contributed by atoms with Crippen LogP contribution < -0.4 is 11.1 Å². The van der Waals surface area contributed by atoms with Crippen LogP contribution in [0.4, 0.5) is 0 Å². The number of thiocarbonyl (C=S) groups is 1. The molecular weight excluding hydrogens is 246 g/mol. The Morgan fingerprint density at radius 2 is 1.89 bits per heavy atom. The van der Waals surface area contributed by atoms with Gasteiger partial charge in [-0.1, -0.05) is 38.9 Å². The maximum atomic E-state index is 12.3. The van der Waals surface area contributed by atoms with E-state index in [0.29, 0.717) is 11.5 Å². The highest BCUT2D eigenvalue weighted by Gasteiger charge is 2.43. The lowest BCUT2D eigenvalue weighted by atomic mass is 9.85. The van der Waals surface area contributed by atoms with Gasteiger partial charge in [0, 0.05) is 13.1 Å². The molecule has 104 valence electrons. The molecule has 1 aliphatic carbocycles. The van der Waals surface area contributed by atoms with Gasteiger partial charge in [-0.3, -0.25) is 4.79 Å². The lowest BCUT2D eigenvalue weighted by molar-refractivity contribution is -0.127. The normalized spacial score (nSPS) is 17.9. The summed E-state index contributed by atoms with van der Waals surface area (Å²) in [6.45, 7) is 7.81. The smallest absolute Gasteiger partial charge is 0.233 e. The van der Waals surface area contributed by atoms with E-state index in [4.69, 9.17) is 18.0 Å². The molecule has 0 saturated heterocycles. The fourth-order valence-corrected chi connectivity index (χ4v) is 2.90. The lowest BCUT2D eigenvalue weighted by Crippen LogP contribution is -2.48. The van der Waals surface area contributed by atoms with Crippen molar-refractivity contribution >= 4 is 23.1 Å². The summed E-state index contributed by atoms with van der Waals surface area (Å²) in [5.74, 6) is 0.0275. The SMILES string of the molecule is CCN(CC)CCNC(=O)C1(C(N)=S)CCCC1. The van der Waals surface area contributed by atoms with Crippen molar-refractivity contribution in [1.29, 1.82) is 0 Å². The second kappa shape index (κ2) is 7.04. The number of hydrogen-bond acceptors (Lipinski definition) is 3. The third kappa shape index (κ3) is 3.42. The molecule has 0 aromatic rings. The summed E-state index contributed by atoms with van der Waals surface area (Å²) in [5, 5.41) is 3.00. The molecule has 0 heterocycles. The number of likely N-dealkylation sites (N-methyl/N-ethyl adjacent to an activating group) is 1. The second-order valence-electron chi connectivity index (χ2n) is 4.94. The molecule has 0 aromatic heterocycles. The molecule has 1 aliphatic rings. The summed E-state index contributed by atoms with van der Waals surface area (Å²) in [7, 11) is 0. The van der Waals surface area contributed by atoms with Gasteiger partial charge in [-0.15, -0.1) is 0 Å². The minimum absolute atomic E-state index is 0.0275. The van der Waals surface area contributed by atoms with Gasteiger partial charge in [0.2, 0.25) is 5.91 Å². The van der Waals surface area contributed by atoms with Gasteiger partial charge >= 0.3 is 0 Å². The summed E-state index contributed by atoms with van der Waals surface area (Å²) in [5.41, 5.74) is 5.21. The lowest BCUT2D eigenvalue weighted by Gasteiger charge is -2.27. The van der Waals surface area contributed by atoms with Crippen LogP contribution in [0.5, 0.6) is 0 Å². The fraction of sp³-hybridized carbons (Fsp3) is 0.846. The maximum absolute atomic E-state index is 12.3. The van der Waals surface area contributed by atoms with Gasteiger partial charge in [-0.05, 0) is 25.9 Å². The highest BCUT2D eigenvalue weighted by molar-refractivity contribution is 7.80. The minimum atomic E-state index is -0.571. The van der Waals surface area contributed by atoms with Crippen molar-refractivity contribution < 1.29 is 4.79 Å². The van der Waals surface area contributed by atoms with Gasteiger partial charge in [-0.25, -0.2) is 0 Å². The zero-order valence-electron chi connectivity index (χ0n) is 11.5. The number of nitrogens with two attached hydrogens (primary N) is 1. The Bertz CT molecular complexity index is 297.